The summed E-state index contributed by atoms with van der Waals surface area (Å²) in [5.74, 6) is 0. The van der Waals surface area contributed by atoms with E-state index in [0.717, 1.165) is 6.42 Å². The third-order valence-electron chi connectivity index (χ3n) is 3.89. The Labute approximate surface area is 129 Å². The number of nitrogens with one attached hydrogen (secondary N) is 1. The zero-order chi connectivity index (χ0) is 15.1. The van der Waals surface area contributed by atoms with E-state index in [4.69, 9.17) is 0 Å². The van der Waals surface area contributed by atoms with Crippen LogP contribution in [0.2, 0.25) is 0 Å². The number of anilines is 1. The van der Waals surface area contributed by atoms with Crippen molar-refractivity contribution < 1.29 is 0 Å². The standard InChI is InChI=1S/C20H27N/c1-4-6-17-8-12-19(13-9-17)16(3)21-20-14-10-18(7-5-2)11-15-20/h8-16,21H,4-7H2,1-3H3. The highest BCUT2D eigenvalue weighted by Gasteiger charge is 2.05. The van der Waals surface area contributed by atoms with Gasteiger partial charge in [-0.3, -0.25) is 0 Å². The van der Waals surface area contributed by atoms with Crippen LogP contribution in [0.5, 0.6) is 0 Å². The van der Waals surface area contributed by atoms with Crippen molar-refractivity contribution in [1.82, 2.24) is 0 Å². The quantitative estimate of drug-likeness (QED) is 0.680. The number of hydrogen-bond donors (Lipinski definition) is 1. The molecule has 0 spiro atoms. The smallest absolute Gasteiger partial charge is 0.0485 e. The molecule has 21 heavy (non-hydrogen) atoms. The second kappa shape index (κ2) is 7.87. The number of benzene rings is 2. The molecule has 1 nitrogen and oxygen atoms in total. The molecule has 0 aromatic heterocycles. The van der Waals surface area contributed by atoms with E-state index in [1.54, 1.807) is 0 Å². The first-order chi connectivity index (χ1) is 10.2. The van der Waals surface area contributed by atoms with Gasteiger partial charge in [0, 0.05) is 11.7 Å². The van der Waals surface area contributed by atoms with E-state index in [2.05, 4.69) is 74.6 Å². The van der Waals surface area contributed by atoms with Gasteiger partial charge in [0.2, 0.25) is 0 Å². The largest absolute Gasteiger partial charge is 0.379 e. The Bertz CT molecular complexity index is 525. The minimum Gasteiger partial charge on any atom is -0.379 e. The van der Waals surface area contributed by atoms with E-state index in [-0.39, 0.29) is 0 Å². The summed E-state index contributed by atoms with van der Waals surface area (Å²) in [6, 6.07) is 18.1. The average molecular weight is 281 g/mol. The molecule has 1 heteroatoms. The molecule has 0 aliphatic heterocycles. The second-order valence-electron chi connectivity index (χ2n) is 5.80. The van der Waals surface area contributed by atoms with Crippen molar-refractivity contribution in [3.63, 3.8) is 0 Å². The Morgan fingerprint density at radius 3 is 1.71 bits per heavy atom. The zero-order valence-corrected chi connectivity index (χ0v) is 13.5. The molecule has 0 fully saturated rings. The van der Waals surface area contributed by atoms with Crippen LogP contribution in [-0.4, -0.2) is 0 Å². The maximum atomic E-state index is 3.58. The summed E-state index contributed by atoms with van der Waals surface area (Å²) in [5, 5.41) is 3.58. The SMILES string of the molecule is CCCc1ccc(NC(C)c2ccc(CCC)cc2)cc1. The minimum absolute atomic E-state index is 0.331. The van der Waals surface area contributed by atoms with Crippen LogP contribution in [0.4, 0.5) is 5.69 Å². The minimum atomic E-state index is 0.331. The van der Waals surface area contributed by atoms with Gasteiger partial charge in [-0.15, -0.1) is 0 Å². The van der Waals surface area contributed by atoms with E-state index < -0.39 is 0 Å². The van der Waals surface area contributed by atoms with Gasteiger partial charge in [-0.1, -0.05) is 63.1 Å². The number of hydrogen-bond acceptors (Lipinski definition) is 1. The van der Waals surface area contributed by atoms with Crippen LogP contribution in [0.25, 0.3) is 0 Å². The highest BCUT2D eigenvalue weighted by molar-refractivity contribution is 5.46. The lowest BCUT2D eigenvalue weighted by atomic mass is 10.0. The van der Waals surface area contributed by atoms with Crippen molar-refractivity contribution >= 4 is 5.69 Å². The topological polar surface area (TPSA) is 12.0 Å². The maximum absolute atomic E-state index is 3.58. The molecule has 0 aliphatic carbocycles. The van der Waals surface area contributed by atoms with Crippen molar-refractivity contribution in [3.05, 3.63) is 65.2 Å². The molecular weight excluding hydrogens is 254 g/mol. The van der Waals surface area contributed by atoms with Crippen LogP contribution in [0.1, 0.15) is 56.3 Å². The summed E-state index contributed by atoms with van der Waals surface area (Å²) in [6.45, 7) is 6.66. The highest BCUT2D eigenvalue weighted by atomic mass is 14.9. The van der Waals surface area contributed by atoms with Crippen LogP contribution in [0, 0.1) is 0 Å². The van der Waals surface area contributed by atoms with Crippen LogP contribution in [0.3, 0.4) is 0 Å². The van der Waals surface area contributed by atoms with Crippen molar-refractivity contribution in [1.29, 1.82) is 0 Å². The lowest BCUT2D eigenvalue weighted by Crippen LogP contribution is -2.06. The fourth-order valence-electron chi connectivity index (χ4n) is 2.65. The predicted molar refractivity (Wildman–Crippen MR) is 92.9 cm³/mol. The van der Waals surface area contributed by atoms with Crippen molar-refractivity contribution in [2.45, 2.75) is 52.5 Å². The fourth-order valence-corrected chi connectivity index (χ4v) is 2.65. The van der Waals surface area contributed by atoms with Gasteiger partial charge >= 0.3 is 0 Å². The summed E-state index contributed by atoms with van der Waals surface area (Å²) in [5.41, 5.74) is 5.38. The highest BCUT2D eigenvalue weighted by Crippen LogP contribution is 2.20. The van der Waals surface area contributed by atoms with Gasteiger partial charge in [0.25, 0.3) is 0 Å². The van der Waals surface area contributed by atoms with E-state index in [9.17, 15) is 0 Å². The third kappa shape index (κ3) is 4.63. The van der Waals surface area contributed by atoms with Gasteiger partial charge in [0.15, 0.2) is 0 Å². The summed E-state index contributed by atoms with van der Waals surface area (Å²) in [7, 11) is 0. The molecule has 0 bridgehead atoms. The molecule has 2 aromatic rings. The van der Waals surface area contributed by atoms with E-state index >= 15 is 0 Å². The van der Waals surface area contributed by atoms with Gasteiger partial charge in [-0.05, 0) is 48.6 Å². The molecule has 1 atom stereocenters. The van der Waals surface area contributed by atoms with Crippen LogP contribution in [0.15, 0.2) is 48.5 Å². The summed E-state index contributed by atoms with van der Waals surface area (Å²) in [4.78, 5) is 0. The number of aryl methyl sites for hydroxylation is 2. The van der Waals surface area contributed by atoms with Gasteiger partial charge in [-0.2, -0.15) is 0 Å². The Morgan fingerprint density at radius 2 is 1.24 bits per heavy atom. The Morgan fingerprint density at radius 1 is 0.762 bits per heavy atom. The molecule has 0 radical (unpaired) electrons. The summed E-state index contributed by atoms with van der Waals surface area (Å²) >= 11 is 0. The molecule has 0 amide bonds. The molecule has 1 unspecified atom stereocenters. The molecule has 0 saturated heterocycles. The molecule has 0 heterocycles. The molecule has 2 aromatic carbocycles. The molecule has 2 rings (SSSR count). The first-order valence-electron chi connectivity index (χ1n) is 8.17. The second-order valence-corrected chi connectivity index (χ2v) is 5.80. The van der Waals surface area contributed by atoms with Crippen LogP contribution < -0.4 is 5.32 Å². The van der Waals surface area contributed by atoms with Crippen LogP contribution in [-0.2, 0) is 12.8 Å². The molecule has 0 aliphatic rings. The molecular formula is C20H27N. The fraction of sp³-hybridized carbons (Fsp3) is 0.400. The van der Waals surface area contributed by atoms with Crippen molar-refractivity contribution in [2.75, 3.05) is 5.32 Å². The third-order valence-corrected chi connectivity index (χ3v) is 3.89. The van der Waals surface area contributed by atoms with Crippen LogP contribution >= 0.6 is 0 Å². The van der Waals surface area contributed by atoms with E-state index in [1.165, 1.54) is 41.6 Å². The Balaban J connectivity index is 1.98. The lowest BCUT2D eigenvalue weighted by Gasteiger charge is -2.16. The van der Waals surface area contributed by atoms with Gasteiger partial charge in [-0.25, -0.2) is 0 Å². The first-order valence-corrected chi connectivity index (χ1v) is 8.17. The average Bonchev–Trinajstić information content (AvgIpc) is 2.50. The normalized spacial score (nSPS) is 12.1. The van der Waals surface area contributed by atoms with Gasteiger partial charge in [0.1, 0.15) is 0 Å². The number of rotatable bonds is 7. The van der Waals surface area contributed by atoms with Crippen molar-refractivity contribution in [3.8, 4) is 0 Å². The zero-order valence-electron chi connectivity index (χ0n) is 13.5. The van der Waals surface area contributed by atoms with Gasteiger partial charge in [0.05, 0.1) is 0 Å². The Hall–Kier alpha value is -1.76. The summed E-state index contributed by atoms with van der Waals surface area (Å²) in [6.07, 6.45) is 4.74. The van der Waals surface area contributed by atoms with Gasteiger partial charge < -0.3 is 5.32 Å². The first kappa shape index (κ1) is 15.6. The maximum Gasteiger partial charge on any atom is 0.0485 e. The monoisotopic (exact) mass is 281 g/mol. The van der Waals surface area contributed by atoms with E-state index in [1.807, 2.05) is 0 Å². The Kier molecular flexibility index (Phi) is 5.86. The summed E-state index contributed by atoms with van der Waals surface area (Å²) < 4.78 is 0. The molecule has 1 N–H and O–H groups in total. The van der Waals surface area contributed by atoms with E-state index in [0.29, 0.717) is 6.04 Å². The molecule has 0 saturated carbocycles. The predicted octanol–water partition coefficient (Wildman–Crippen LogP) is 5.76. The van der Waals surface area contributed by atoms with Crippen molar-refractivity contribution in [2.24, 2.45) is 0 Å². The lowest BCUT2D eigenvalue weighted by molar-refractivity contribution is 0.875. The molecule has 112 valence electrons.